The third kappa shape index (κ3) is 6.54. The van der Waals surface area contributed by atoms with Gasteiger partial charge in [-0.25, -0.2) is 8.42 Å². The minimum atomic E-state index is -3.85. The Balaban J connectivity index is 1.56. The van der Waals surface area contributed by atoms with Crippen molar-refractivity contribution in [1.29, 1.82) is 0 Å². The topological polar surface area (TPSA) is 88.6 Å². The minimum Gasteiger partial charge on any atom is -0.494 e. The summed E-state index contributed by atoms with van der Waals surface area (Å²) < 4.78 is 34.2. The second-order valence-corrected chi connectivity index (χ2v) is 10.4. The first-order valence-corrected chi connectivity index (χ1v) is 13.4. The largest absolute Gasteiger partial charge is 0.494 e. The molecule has 8 heteroatoms. The summed E-state index contributed by atoms with van der Waals surface area (Å²) in [5.41, 5.74) is 3.63. The summed E-state index contributed by atoms with van der Waals surface area (Å²) in [5.74, 6) is 0.451. The second-order valence-electron chi connectivity index (χ2n) is 8.49. The number of amides is 1. The first kappa shape index (κ1) is 25.9. The molecule has 0 aliphatic heterocycles. The number of benzene rings is 3. The van der Waals surface area contributed by atoms with Crippen LogP contribution in [0.3, 0.4) is 0 Å². The Morgan fingerprint density at radius 2 is 1.62 bits per heavy atom. The van der Waals surface area contributed by atoms with Crippen LogP contribution >= 0.6 is 0 Å². The van der Waals surface area contributed by atoms with Crippen molar-refractivity contribution >= 4 is 21.6 Å². The van der Waals surface area contributed by atoms with E-state index in [1.807, 2.05) is 26.0 Å². The zero-order valence-corrected chi connectivity index (χ0v) is 21.6. The highest BCUT2D eigenvalue weighted by atomic mass is 32.2. The van der Waals surface area contributed by atoms with Crippen molar-refractivity contribution in [1.82, 2.24) is 10.3 Å². The van der Waals surface area contributed by atoms with Gasteiger partial charge >= 0.3 is 0 Å². The lowest BCUT2D eigenvalue weighted by atomic mass is 10.1. The Hall–Kier alpha value is -4.17. The molecule has 0 fully saturated rings. The number of anilines is 1. The van der Waals surface area contributed by atoms with Crippen molar-refractivity contribution < 1.29 is 17.9 Å². The zero-order valence-electron chi connectivity index (χ0n) is 20.8. The van der Waals surface area contributed by atoms with Crippen LogP contribution in [0.1, 0.15) is 34.0 Å². The van der Waals surface area contributed by atoms with Crippen molar-refractivity contribution in [2.24, 2.45) is 0 Å². The maximum absolute atomic E-state index is 13.7. The number of rotatable bonds is 10. The Bertz CT molecular complexity index is 1420. The van der Waals surface area contributed by atoms with Gasteiger partial charge in [-0.3, -0.25) is 14.1 Å². The average molecular weight is 516 g/mol. The Labute approximate surface area is 217 Å². The van der Waals surface area contributed by atoms with E-state index in [9.17, 15) is 13.2 Å². The first-order valence-electron chi connectivity index (χ1n) is 11.9. The number of carbonyl (C=O) groups is 1. The monoisotopic (exact) mass is 515 g/mol. The van der Waals surface area contributed by atoms with E-state index in [0.29, 0.717) is 30.2 Å². The van der Waals surface area contributed by atoms with Crippen molar-refractivity contribution in [3.8, 4) is 5.75 Å². The van der Waals surface area contributed by atoms with Gasteiger partial charge in [-0.1, -0.05) is 35.9 Å². The number of carbonyl (C=O) groups excluding carboxylic acids is 1. The molecule has 0 atom stereocenters. The summed E-state index contributed by atoms with van der Waals surface area (Å²) >= 11 is 0. The number of hydrogen-bond acceptors (Lipinski definition) is 5. The van der Waals surface area contributed by atoms with Crippen LogP contribution in [0.2, 0.25) is 0 Å². The van der Waals surface area contributed by atoms with Crippen molar-refractivity contribution in [2.75, 3.05) is 10.9 Å². The minimum absolute atomic E-state index is 0.0990. The van der Waals surface area contributed by atoms with Gasteiger partial charge in [-0.05, 0) is 79.6 Å². The normalized spacial score (nSPS) is 11.1. The van der Waals surface area contributed by atoms with Gasteiger partial charge in [0.2, 0.25) is 0 Å². The summed E-state index contributed by atoms with van der Waals surface area (Å²) in [6.07, 6.45) is 3.38. The van der Waals surface area contributed by atoms with Crippen LogP contribution < -0.4 is 14.4 Å². The van der Waals surface area contributed by atoms with E-state index in [-0.39, 0.29) is 17.3 Å². The second kappa shape index (κ2) is 11.7. The number of hydrogen-bond donors (Lipinski definition) is 1. The van der Waals surface area contributed by atoms with Gasteiger partial charge in [-0.15, -0.1) is 0 Å². The SMILES string of the molecule is CCOc1ccc(N(Cc2ccc(C(=O)NCc3cccnc3)cc2)S(=O)(=O)c2ccc(C)cc2)cc1. The van der Waals surface area contributed by atoms with E-state index >= 15 is 0 Å². The van der Waals surface area contributed by atoms with Gasteiger partial charge in [0.25, 0.3) is 15.9 Å². The number of aryl methyl sites for hydroxylation is 1. The Morgan fingerprint density at radius 3 is 2.24 bits per heavy atom. The molecule has 0 aliphatic rings. The lowest BCUT2D eigenvalue weighted by Crippen LogP contribution is -2.30. The average Bonchev–Trinajstić information content (AvgIpc) is 2.92. The quantitative estimate of drug-likeness (QED) is 0.317. The fourth-order valence-corrected chi connectivity index (χ4v) is 5.20. The molecule has 0 bridgehead atoms. The summed E-state index contributed by atoms with van der Waals surface area (Å²) in [4.78, 5) is 16.8. The lowest BCUT2D eigenvalue weighted by molar-refractivity contribution is 0.0951. The molecule has 0 radical (unpaired) electrons. The molecule has 7 nitrogen and oxygen atoms in total. The molecule has 1 heterocycles. The standard InChI is InChI=1S/C29H29N3O4S/c1-3-36-27-14-12-26(13-15-27)32(37(34,35)28-16-6-22(2)7-17-28)21-23-8-10-25(11-9-23)29(33)31-20-24-5-4-18-30-19-24/h4-19H,3,20-21H2,1-2H3,(H,31,33). The van der Waals surface area contributed by atoms with Crippen molar-refractivity contribution in [3.63, 3.8) is 0 Å². The van der Waals surface area contributed by atoms with Crippen LogP contribution in [0.5, 0.6) is 5.75 Å². The fraction of sp³-hybridized carbons (Fsp3) is 0.172. The predicted molar refractivity (Wildman–Crippen MR) is 144 cm³/mol. The number of pyridine rings is 1. The number of ether oxygens (including phenoxy) is 1. The van der Waals surface area contributed by atoms with Crippen molar-refractivity contribution in [2.45, 2.75) is 31.8 Å². The van der Waals surface area contributed by atoms with E-state index in [0.717, 1.165) is 16.7 Å². The molecule has 1 aromatic heterocycles. The van der Waals surface area contributed by atoms with E-state index in [2.05, 4.69) is 10.3 Å². The van der Waals surface area contributed by atoms with E-state index in [1.54, 1.807) is 85.2 Å². The highest BCUT2D eigenvalue weighted by Gasteiger charge is 2.25. The van der Waals surface area contributed by atoms with Crippen LogP contribution in [0.4, 0.5) is 5.69 Å². The number of nitrogens with zero attached hydrogens (tertiary/aromatic N) is 2. The summed E-state index contributed by atoms with van der Waals surface area (Å²) in [6, 6.07) is 24.4. The highest BCUT2D eigenvalue weighted by molar-refractivity contribution is 7.92. The van der Waals surface area contributed by atoms with Crippen LogP contribution in [0.15, 0.2) is 102 Å². The highest BCUT2D eigenvalue weighted by Crippen LogP contribution is 2.28. The van der Waals surface area contributed by atoms with Crippen LogP contribution in [-0.4, -0.2) is 25.9 Å². The van der Waals surface area contributed by atoms with E-state index in [4.69, 9.17) is 4.74 Å². The molecule has 1 amide bonds. The smallest absolute Gasteiger partial charge is 0.264 e. The molecule has 0 saturated carbocycles. The molecule has 3 aromatic carbocycles. The molecule has 0 saturated heterocycles. The number of nitrogens with one attached hydrogen (secondary N) is 1. The van der Waals surface area contributed by atoms with Gasteiger partial charge in [0.05, 0.1) is 23.7 Å². The number of aromatic nitrogens is 1. The molecule has 37 heavy (non-hydrogen) atoms. The zero-order chi connectivity index (χ0) is 26.3. The Kier molecular flexibility index (Phi) is 8.20. The molecule has 1 N–H and O–H groups in total. The molecule has 0 aliphatic carbocycles. The van der Waals surface area contributed by atoms with E-state index in [1.165, 1.54) is 4.31 Å². The van der Waals surface area contributed by atoms with E-state index < -0.39 is 10.0 Å². The molecular weight excluding hydrogens is 486 g/mol. The van der Waals surface area contributed by atoms with Gasteiger partial charge in [0, 0.05) is 24.5 Å². The molecule has 0 spiro atoms. The molecule has 190 valence electrons. The lowest BCUT2D eigenvalue weighted by Gasteiger charge is -2.25. The van der Waals surface area contributed by atoms with Gasteiger partial charge in [0.1, 0.15) is 5.75 Å². The molecule has 0 unspecified atom stereocenters. The van der Waals surface area contributed by atoms with Crippen LogP contribution in [0.25, 0.3) is 0 Å². The fourth-order valence-electron chi connectivity index (χ4n) is 3.74. The maximum atomic E-state index is 13.7. The van der Waals surface area contributed by atoms with Gasteiger partial charge in [-0.2, -0.15) is 0 Å². The molecular formula is C29H29N3O4S. The first-order chi connectivity index (χ1) is 17.9. The predicted octanol–water partition coefficient (Wildman–Crippen LogP) is 5.11. The third-order valence-electron chi connectivity index (χ3n) is 5.76. The van der Waals surface area contributed by atoms with Gasteiger partial charge < -0.3 is 10.1 Å². The molecule has 4 aromatic rings. The van der Waals surface area contributed by atoms with Crippen molar-refractivity contribution in [3.05, 3.63) is 120 Å². The third-order valence-corrected chi connectivity index (χ3v) is 7.55. The molecule has 4 rings (SSSR count). The summed E-state index contributed by atoms with van der Waals surface area (Å²) in [5, 5.41) is 2.87. The van der Waals surface area contributed by atoms with Crippen LogP contribution in [0, 0.1) is 6.92 Å². The van der Waals surface area contributed by atoms with Crippen LogP contribution in [-0.2, 0) is 23.1 Å². The maximum Gasteiger partial charge on any atom is 0.264 e. The number of sulfonamides is 1. The Morgan fingerprint density at radius 1 is 0.919 bits per heavy atom. The summed E-state index contributed by atoms with van der Waals surface area (Å²) in [7, 11) is -3.85. The van der Waals surface area contributed by atoms with Gasteiger partial charge in [0.15, 0.2) is 0 Å². The summed E-state index contributed by atoms with van der Waals surface area (Å²) in [6.45, 7) is 4.79.